The first-order valence-corrected chi connectivity index (χ1v) is 10.7. The number of thiophene rings is 1. The highest BCUT2D eigenvalue weighted by Crippen LogP contribution is 2.37. The Labute approximate surface area is 167 Å². The van der Waals surface area contributed by atoms with Crippen LogP contribution in [0.1, 0.15) is 26.4 Å². The number of benzene rings is 2. The molecule has 0 radical (unpaired) electrons. The fourth-order valence-corrected chi connectivity index (χ4v) is 5.62. The van der Waals surface area contributed by atoms with Crippen molar-refractivity contribution in [2.45, 2.75) is 13.1 Å². The van der Waals surface area contributed by atoms with Crippen LogP contribution in [-0.2, 0) is 23.3 Å². The number of nitriles is 1. The van der Waals surface area contributed by atoms with Gasteiger partial charge in [-0.25, -0.2) is 8.61 Å². The summed E-state index contributed by atoms with van der Waals surface area (Å²) >= 11 is 1.22. The van der Waals surface area contributed by atoms with E-state index in [1.807, 2.05) is 6.07 Å². The minimum absolute atomic E-state index is 0.0336. The number of anilines is 1. The number of amides is 1. The molecular formula is C20H15N3O3S2. The van der Waals surface area contributed by atoms with Crippen LogP contribution in [0.5, 0.6) is 0 Å². The van der Waals surface area contributed by atoms with Crippen LogP contribution in [0.4, 0.5) is 5.69 Å². The highest BCUT2D eigenvalue weighted by Gasteiger charge is 2.42. The van der Waals surface area contributed by atoms with Crippen LogP contribution in [0.25, 0.3) is 0 Å². The quantitative estimate of drug-likeness (QED) is 0.660. The number of carbonyl (C=O) groups is 1. The monoisotopic (exact) mass is 409 g/mol. The lowest BCUT2D eigenvalue weighted by Crippen LogP contribution is -2.50. The van der Waals surface area contributed by atoms with Crippen LogP contribution >= 0.6 is 11.3 Å². The van der Waals surface area contributed by atoms with Gasteiger partial charge in [-0.3, -0.25) is 4.79 Å². The fourth-order valence-electron chi connectivity index (χ4n) is 3.09. The van der Waals surface area contributed by atoms with Crippen molar-refractivity contribution in [2.75, 3.05) is 4.31 Å². The summed E-state index contributed by atoms with van der Waals surface area (Å²) in [5, 5.41) is 10.8. The third kappa shape index (κ3) is 3.15. The third-order valence-electron chi connectivity index (χ3n) is 4.44. The number of hydrogen-bond donors (Lipinski definition) is 0. The Kier molecular flexibility index (Phi) is 4.63. The molecule has 0 fully saturated rings. The Morgan fingerprint density at radius 2 is 1.64 bits per heavy atom. The lowest BCUT2D eigenvalue weighted by Gasteiger charge is -2.35. The van der Waals surface area contributed by atoms with Crippen LogP contribution in [0, 0.1) is 11.3 Å². The molecular weight excluding hydrogens is 394 g/mol. The Morgan fingerprint density at radius 3 is 2.39 bits per heavy atom. The summed E-state index contributed by atoms with van der Waals surface area (Å²) in [6, 6.07) is 19.5. The molecule has 0 atom stereocenters. The van der Waals surface area contributed by atoms with Crippen LogP contribution in [0.15, 0.2) is 66.0 Å². The van der Waals surface area contributed by atoms with Crippen molar-refractivity contribution in [3.8, 4) is 6.07 Å². The van der Waals surface area contributed by atoms with E-state index in [-0.39, 0.29) is 13.1 Å². The summed E-state index contributed by atoms with van der Waals surface area (Å²) in [7, 11) is -4.07. The molecule has 1 aliphatic heterocycles. The molecule has 4 rings (SSSR count). The van der Waals surface area contributed by atoms with Crippen molar-refractivity contribution in [3.63, 3.8) is 0 Å². The average molecular weight is 409 g/mol. The molecule has 1 aliphatic rings. The summed E-state index contributed by atoms with van der Waals surface area (Å²) < 4.78 is 28.8. The van der Waals surface area contributed by atoms with Crippen LogP contribution in [0.3, 0.4) is 0 Å². The fraction of sp³-hybridized carbons (Fsp3) is 0.100. The van der Waals surface area contributed by atoms with E-state index in [1.54, 1.807) is 60.0 Å². The van der Waals surface area contributed by atoms with Crippen molar-refractivity contribution in [3.05, 3.63) is 87.6 Å². The second-order valence-electron chi connectivity index (χ2n) is 6.26. The first-order chi connectivity index (χ1) is 13.5. The maximum atomic E-state index is 13.3. The molecule has 0 aliphatic carbocycles. The van der Waals surface area contributed by atoms with Gasteiger partial charge in [-0.1, -0.05) is 42.5 Å². The molecule has 0 spiro atoms. The summed E-state index contributed by atoms with van der Waals surface area (Å²) in [6.07, 6.45) is 0. The minimum atomic E-state index is -4.07. The zero-order valence-electron chi connectivity index (χ0n) is 14.6. The topological polar surface area (TPSA) is 81.5 Å². The summed E-state index contributed by atoms with van der Waals surface area (Å²) in [4.78, 5) is 13.3. The molecule has 6 nitrogen and oxygen atoms in total. The first kappa shape index (κ1) is 18.2. The van der Waals surface area contributed by atoms with Crippen molar-refractivity contribution >= 4 is 33.1 Å². The normalized spacial score (nSPS) is 15.2. The Balaban J connectivity index is 1.76. The minimum Gasteiger partial charge on any atom is -0.267 e. The molecule has 8 heteroatoms. The van der Waals surface area contributed by atoms with E-state index in [9.17, 15) is 13.2 Å². The van der Waals surface area contributed by atoms with Gasteiger partial charge in [-0.05, 0) is 34.7 Å². The predicted octanol–water partition coefficient (Wildman–Crippen LogP) is 3.53. The van der Waals surface area contributed by atoms with Crippen LogP contribution in [-0.4, -0.2) is 18.6 Å². The zero-order valence-corrected chi connectivity index (χ0v) is 16.3. The molecule has 0 saturated heterocycles. The Hall–Kier alpha value is -3.15. The van der Waals surface area contributed by atoms with Gasteiger partial charge >= 0.3 is 10.2 Å². The standard InChI is InChI=1S/C20H15N3O3S2/c21-12-16-7-4-8-17(11-16)14-22-18-9-10-27-19(18)20(24)23(28(22,25)26)13-15-5-2-1-3-6-15/h1-11H,13-14H2. The van der Waals surface area contributed by atoms with Crippen molar-refractivity contribution in [2.24, 2.45) is 0 Å². The summed E-state index contributed by atoms with van der Waals surface area (Å²) in [5.74, 6) is -0.518. The molecule has 3 aromatic rings. The maximum absolute atomic E-state index is 13.3. The van der Waals surface area contributed by atoms with Gasteiger partial charge in [0, 0.05) is 0 Å². The molecule has 0 N–H and O–H groups in total. The number of nitrogens with zero attached hydrogens (tertiary/aromatic N) is 3. The van der Waals surface area contributed by atoms with Gasteiger partial charge in [-0.2, -0.15) is 13.7 Å². The van der Waals surface area contributed by atoms with Gasteiger partial charge in [0.25, 0.3) is 5.91 Å². The van der Waals surface area contributed by atoms with Crippen LogP contribution < -0.4 is 4.31 Å². The van der Waals surface area contributed by atoms with Crippen LogP contribution in [0.2, 0.25) is 0 Å². The lowest BCUT2D eigenvalue weighted by molar-refractivity contribution is 0.0855. The molecule has 0 bridgehead atoms. The highest BCUT2D eigenvalue weighted by molar-refractivity contribution is 7.91. The number of hydrogen-bond acceptors (Lipinski definition) is 5. The molecule has 1 amide bonds. The molecule has 2 heterocycles. The van der Waals surface area contributed by atoms with Gasteiger partial charge in [0.2, 0.25) is 0 Å². The molecule has 0 unspecified atom stereocenters. The third-order valence-corrected chi connectivity index (χ3v) is 7.07. The highest BCUT2D eigenvalue weighted by atomic mass is 32.2. The van der Waals surface area contributed by atoms with E-state index >= 15 is 0 Å². The van der Waals surface area contributed by atoms with Crippen molar-refractivity contribution in [1.29, 1.82) is 5.26 Å². The van der Waals surface area contributed by atoms with Gasteiger partial charge in [0.15, 0.2) is 0 Å². The van der Waals surface area contributed by atoms with Gasteiger partial charge in [-0.15, -0.1) is 11.3 Å². The number of carbonyl (C=O) groups excluding carboxylic acids is 1. The average Bonchev–Trinajstić information content (AvgIpc) is 3.19. The first-order valence-electron chi connectivity index (χ1n) is 8.46. The largest absolute Gasteiger partial charge is 0.329 e. The van der Waals surface area contributed by atoms with Gasteiger partial charge in [0.1, 0.15) is 4.88 Å². The molecule has 1 aromatic heterocycles. The zero-order chi connectivity index (χ0) is 19.7. The van der Waals surface area contributed by atoms with Gasteiger partial charge < -0.3 is 0 Å². The van der Waals surface area contributed by atoms with E-state index in [1.165, 1.54) is 15.6 Å². The molecule has 0 saturated carbocycles. The SMILES string of the molecule is N#Cc1cccc(CN2c3ccsc3C(=O)N(Cc3ccccc3)S2(=O)=O)c1. The smallest absolute Gasteiger partial charge is 0.267 e. The van der Waals surface area contributed by atoms with E-state index < -0.39 is 16.1 Å². The van der Waals surface area contributed by atoms with Crippen molar-refractivity contribution in [1.82, 2.24) is 4.31 Å². The van der Waals surface area contributed by atoms with E-state index in [0.717, 1.165) is 9.87 Å². The summed E-state index contributed by atoms with van der Waals surface area (Å²) in [6.45, 7) is 0.00817. The Morgan fingerprint density at radius 1 is 0.929 bits per heavy atom. The lowest BCUT2D eigenvalue weighted by atomic mass is 10.1. The second-order valence-corrected chi connectivity index (χ2v) is 8.95. The molecule has 140 valence electrons. The summed E-state index contributed by atoms with van der Waals surface area (Å²) in [5.41, 5.74) is 2.23. The van der Waals surface area contributed by atoms with E-state index in [0.29, 0.717) is 21.7 Å². The van der Waals surface area contributed by atoms with Gasteiger partial charge in [0.05, 0.1) is 30.4 Å². The van der Waals surface area contributed by atoms with E-state index in [4.69, 9.17) is 5.26 Å². The number of rotatable bonds is 4. The maximum Gasteiger partial charge on any atom is 0.329 e. The predicted molar refractivity (Wildman–Crippen MR) is 107 cm³/mol. The number of fused-ring (bicyclic) bond motifs is 1. The second kappa shape index (κ2) is 7.11. The van der Waals surface area contributed by atoms with Crippen molar-refractivity contribution < 1.29 is 13.2 Å². The molecule has 2 aromatic carbocycles. The molecule has 28 heavy (non-hydrogen) atoms. The van der Waals surface area contributed by atoms with E-state index in [2.05, 4.69) is 6.07 Å². The Bertz CT molecular complexity index is 1180.